The lowest BCUT2D eigenvalue weighted by atomic mass is 10.3. The lowest BCUT2D eigenvalue weighted by Crippen LogP contribution is -2.36. The zero-order chi connectivity index (χ0) is 11.8. The molecule has 0 N–H and O–H groups in total. The number of ether oxygens (including phenoxy) is 1. The lowest BCUT2D eigenvalue weighted by Gasteiger charge is -2.28. The molecular weight excluding hydrogens is 284 g/mol. The van der Waals surface area contributed by atoms with Crippen LogP contribution in [0.4, 0.5) is 5.69 Å². The van der Waals surface area contributed by atoms with E-state index < -0.39 is 0 Å². The molecule has 0 spiro atoms. The number of rotatable bonds is 1. The molecule has 1 aliphatic rings. The van der Waals surface area contributed by atoms with Crippen LogP contribution in [0, 0.1) is 6.92 Å². The number of fused-ring (bicyclic) bond motifs is 1. The zero-order valence-electron chi connectivity index (χ0n) is 9.56. The first-order valence-corrected chi connectivity index (χ1v) is 6.38. The average Bonchev–Trinajstić information content (AvgIpc) is 2.69. The third kappa shape index (κ3) is 2.02. The summed E-state index contributed by atoms with van der Waals surface area (Å²) in [7, 11) is 0. The van der Waals surface area contributed by atoms with Gasteiger partial charge in [0.05, 0.1) is 30.8 Å². The maximum absolute atomic E-state index is 5.37. The Bertz CT molecular complexity index is 548. The molecular formula is C11H13BrN4O. The van der Waals surface area contributed by atoms with Crippen molar-refractivity contribution in [1.29, 1.82) is 0 Å². The summed E-state index contributed by atoms with van der Waals surface area (Å²) >= 11 is 3.44. The van der Waals surface area contributed by atoms with E-state index in [0.29, 0.717) is 0 Å². The minimum absolute atomic E-state index is 0.770. The van der Waals surface area contributed by atoms with E-state index in [2.05, 4.69) is 30.9 Å². The summed E-state index contributed by atoms with van der Waals surface area (Å²) < 4.78 is 8.02. The fourth-order valence-corrected chi connectivity index (χ4v) is 2.47. The van der Waals surface area contributed by atoms with Crippen LogP contribution in [0.3, 0.4) is 0 Å². The Morgan fingerprint density at radius 3 is 2.88 bits per heavy atom. The van der Waals surface area contributed by atoms with Gasteiger partial charge in [0.2, 0.25) is 0 Å². The number of halogens is 1. The molecule has 0 bridgehead atoms. The van der Waals surface area contributed by atoms with Gasteiger partial charge >= 0.3 is 0 Å². The fraction of sp³-hybridized carbons (Fsp3) is 0.455. The first-order chi connectivity index (χ1) is 8.24. The molecule has 3 heterocycles. The van der Waals surface area contributed by atoms with Crippen LogP contribution in [-0.4, -0.2) is 40.9 Å². The summed E-state index contributed by atoms with van der Waals surface area (Å²) in [5.74, 6) is 0. The van der Waals surface area contributed by atoms with Crippen LogP contribution >= 0.6 is 15.9 Å². The number of aromatic nitrogens is 3. The minimum atomic E-state index is 0.770. The summed E-state index contributed by atoms with van der Waals surface area (Å²) in [6, 6.07) is 2.02. The number of morpholine rings is 1. The molecule has 0 atom stereocenters. The third-order valence-electron chi connectivity index (χ3n) is 2.85. The first kappa shape index (κ1) is 11.0. The highest BCUT2D eigenvalue weighted by atomic mass is 79.9. The SMILES string of the molecule is Cc1cn2nc(Br)cc(N3CCOCC3)c2n1. The number of imidazole rings is 1. The largest absolute Gasteiger partial charge is 0.378 e. The van der Waals surface area contributed by atoms with E-state index in [0.717, 1.165) is 47.9 Å². The van der Waals surface area contributed by atoms with Gasteiger partial charge in [-0.05, 0) is 28.9 Å². The summed E-state index contributed by atoms with van der Waals surface area (Å²) in [6.45, 7) is 5.32. The van der Waals surface area contributed by atoms with Gasteiger partial charge in [-0.2, -0.15) is 5.10 Å². The van der Waals surface area contributed by atoms with Crippen LogP contribution in [0.1, 0.15) is 5.69 Å². The second-order valence-electron chi connectivity index (χ2n) is 4.10. The fourth-order valence-electron chi connectivity index (χ4n) is 2.08. The Balaban J connectivity index is 2.12. The van der Waals surface area contributed by atoms with Crippen molar-refractivity contribution in [2.75, 3.05) is 31.2 Å². The van der Waals surface area contributed by atoms with Gasteiger partial charge in [0.15, 0.2) is 5.65 Å². The topological polar surface area (TPSA) is 42.7 Å². The molecule has 2 aromatic heterocycles. The van der Waals surface area contributed by atoms with Gasteiger partial charge in [0.1, 0.15) is 4.60 Å². The van der Waals surface area contributed by atoms with Crippen molar-refractivity contribution in [3.05, 3.63) is 22.6 Å². The molecule has 1 aliphatic heterocycles. The molecule has 0 radical (unpaired) electrons. The van der Waals surface area contributed by atoms with Gasteiger partial charge in [-0.25, -0.2) is 9.50 Å². The molecule has 17 heavy (non-hydrogen) atoms. The Kier molecular flexibility index (Phi) is 2.76. The van der Waals surface area contributed by atoms with Crippen molar-refractivity contribution in [2.24, 2.45) is 0 Å². The molecule has 0 amide bonds. The van der Waals surface area contributed by atoms with Crippen molar-refractivity contribution in [1.82, 2.24) is 14.6 Å². The van der Waals surface area contributed by atoms with Crippen LogP contribution in [0.5, 0.6) is 0 Å². The van der Waals surface area contributed by atoms with Crippen LogP contribution in [0.25, 0.3) is 5.65 Å². The third-order valence-corrected chi connectivity index (χ3v) is 3.24. The molecule has 0 aliphatic carbocycles. The molecule has 5 nitrogen and oxygen atoms in total. The maximum Gasteiger partial charge on any atom is 0.177 e. The van der Waals surface area contributed by atoms with Crippen LogP contribution in [0.2, 0.25) is 0 Å². The molecule has 0 aromatic carbocycles. The summed E-state index contributed by atoms with van der Waals surface area (Å²) in [4.78, 5) is 6.82. The van der Waals surface area contributed by atoms with Gasteiger partial charge in [-0.1, -0.05) is 0 Å². The Morgan fingerprint density at radius 2 is 2.12 bits per heavy atom. The maximum atomic E-state index is 5.37. The molecule has 3 rings (SSSR count). The normalized spacial score (nSPS) is 16.7. The Labute approximate surface area is 108 Å². The van der Waals surface area contributed by atoms with Crippen LogP contribution in [-0.2, 0) is 4.74 Å². The van der Waals surface area contributed by atoms with E-state index in [4.69, 9.17) is 4.74 Å². The second-order valence-corrected chi connectivity index (χ2v) is 4.91. The number of nitrogens with zero attached hydrogens (tertiary/aromatic N) is 4. The number of anilines is 1. The van der Waals surface area contributed by atoms with E-state index >= 15 is 0 Å². The van der Waals surface area contributed by atoms with Crippen molar-refractivity contribution >= 4 is 27.3 Å². The lowest BCUT2D eigenvalue weighted by molar-refractivity contribution is 0.123. The van der Waals surface area contributed by atoms with Crippen LogP contribution in [0.15, 0.2) is 16.9 Å². The van der Waals surface area contributed by atoms with E-state index in [1.165, 1.54) is 0 Å². The summed E-state index contributed by atoms with van der Waals surface area (Å²) in [6.07, 6.45) is 1.93. The number of aryl methyl sites for hydroxylation is 1. The highest BCUT2D eigenvalue weighted by Gasteiger charge is 2.16. The van der Waals surface area contributed by atoms with Crippen molar-refractivity contribution < 1.29 is 4.74 Å². The van der Waals surface area contributed by atoms with Crippen LogP contribution < -0.4 is 4.90 Å². The second kappa shape index (κ2) is 4.27. The smallest absolute Gasteiger partial charge is 0.177 e. The first-order valence-electron chi connectivity index (χ1n) is 5.59. The van der Waals surface area contributed by atoms with E-state index in [-0.39, 0.29) is 0 Å². The van der Waals surface area contributed by atoms with Crippen molar-refractivity contribution in [3.8, 4) is 0 Å². The summed E-state index contributed by atoms with van der Waals surface area (Å²) in [5, 5.41) is 4.36. The van der Waals surface area contributed by atoms with Crippen molar-refractivity contribution in [3.63, 3.8) is 0 Å². The van der Waals surface area contributed by atoms with E-state index in [1.54, 1.807) is 0 Å². The highest BCUT2D eigenvalue weighted by molar-refractivity contribution is 9.10. The standard InChI is InChI=1S/C11H13BrN4O/c1-8-7-16-11(13-8)9(6-10(12)14-16)15-2-4-17-5-3-15/h6-7H,2-5H2,1H3. The minimum Gasteiger partial charge on any atom is -0.378 e. The predicted molar refractivity (Wildman–Crippen MR) is 68.5 cm³/mol. The van der Waals surface area contributed by atoms with E-state index in [1.807, 2.05) is 23.7 Å². The predicted octanol–water partition coefficient (Wildman–Crippen LogP) is 1.64. The Hall–Kier alpha value is -1.14. The van der Waals surface area contributed by atoms with Gasteiger partial charge in [-0.3, -0.25) is 0 Å². The van der Waals surface area contributed by atoms with Gasteiger partial charge in [0.25, 0.3) is 0 Å². The Morgan fingerprint density at radius 1 is 1.35 bits per heavy atom. The monoisotopic (exact) mass is 296 g/mol. The molecule has 2 aromatic rings. The van der Waals surface area contributed by atoms with Crippen molar-refractivity contribution in [2.45, 2.75) is 6.92 Å². The molecule has 1 saturated heterocycles. The summed E-state index contributed by atoms with van der Waals surface area (Å²) in [5.41, 5.74) is 3.00. The molecule has 0 saturated carbocycles. The molecule has 1 fully saturated rings. The average molecular weight is 297 g/mol. The molecule has 0 unspecified atom stereocenters. The van der Waals surface area contributed by atoms with Gasteiger partial charge < -0.3 is 9.64 Å². The van der Waals surface area contributed by atoms with Gasteiger partial charge in [0, 0.05) is 13.1 Å². The van der Waals surface area contributed by atoms with E-state index in [9.17, 15) is 0 Å². The zero-order valence-corrected chi connectivity index (χ0v) is 11.1. The number of hydrogen-bond acceptors (Lipinski definition) is 4. The highest BCUT2D eigenvalue weighted by Crippen LogP contribution is 2.24. The molecule has 90 valence electrons. The van der Waals surface area contributed by atoms with Gasteiger partial charge in [-0.15, -0.1) is 0 Å². The molecule has 6 heteroatoms. The number of hydrogen-bond donors (Lipinski definition) is 0. The quantitative estimate of drug-likeness (QED) is 0.802.